The Kier molecular flexibility index (Phi) is 7.82. The molecule has 0 spiro atoms. The molecule has 1 atom stereocenters. The number of rotatable bonds is 7. The van der Waals surface area contributed by atoms with E-state index in [1.165, 1.54) is 0 Å². The molecule has 5 heteroatoms. The number of hydrogen-bond acceptors (Lipinski definition) is 3. The second-order valence-corrected chi connectivity index (χ2v) is 8.43. The molecule has 0 bridgehead atoms. The Morgan fingerprint density at radius 2 is 1.45 bits per heavy atom. The van der Waals surface area contributed by atoms with Crippen molar-refractivity contribution < 1.29 is 14.3 Å². The van der Waals surface area contributed by atoms with E-state index in [4.69, 9.17) is 4.74 Å². The van der Waals surface area contributed by atoms with Crippen LogP contribution in [-0.2, 0) is 22.5 Å². The number of benzene rings is 2. The third-order valence-electron chi connectivity index (χ3n) is 4.37. The van der Waals surface area contributed by atoms with Crippen molar-refractivity contribution in [1.29, 1.82) is 0 Å². The molecule has 0 fully saturated rings. The molecule has 0 radical (unpaired) electrons. The predicted octanol–water partition coefficient (Wildman–Crippen LogP) is 4.56. The molecule has 0 saturated heterocycles. The number of carbonyl (C=O) groups is 2. The zero-order chi connectivity index (χ0) is 21.4. The molecular formula is C24H32N2O3. The Bertz CT molecular complexity index is 783. The highest BCUT2D eigenvalue weighted by atomic mass is 16.6. The molecule has 29 heavy (non-hydrogen) atoms. The maximum Gasteiger partial charge on any atom is 0.408 e. The first kappa shape index (κ1) is 22.5. The van der Waals surface area contributed by atoms with Gasteiger partial charge in [-0.3, -0.25) is 4.79 Å². The molecule has 0 saturated carbocycles. The molecule has 5 nitrogen and oxygen atoms in total. The number of nitrogens with one attached hydrogen (secondary N) is 1. The van der Waals surface area contributed by atoms with Gasteiger partial charge in [0.1, 0.15) is 11.6 Å². The molecule has 2 rings (SSSR count). The summed E-state index contributed by atoms with van der Waals surface area (Å²) in [6, 6.07) is 18.8. The predicted molar refractivity (Wildman–Crippen MR) is 115 cm³/mol. The molecule has 1 N–H and O–H groups in total. The normalized spacial score (nSPS) is 12.3. The van der Waals surface area contributed by atoms with Crippen LogP contribution in [0.5, 0.6) is 0 Å². The molecule has 2 aromatic rings. The van der Waals surface area contributed by atoms with Crippen molar-refractivity contribution in [3.8, 4) is 0 Å². The smallest absolute Gasteiger partial charge is 0.408 e. The molecule has 0 aliphatic heterocycles. The van der Waals surface area contributed by atoms with E-state index in [1.807, 2.05) is 74.5 Å². The molecule has 0 unspecified atom stereocenters. The Morgan fingerprint density at radius 3 is 1.93 bits per heavy atom. The third-order valence-corrected chi connectivity index (χ3v) is 4.37. The first-order valence-corrected chi connectivity index (χ1v) is 10.0. The molecule has 0 heterocycles. The van der Waals surface area contributed by atoms with Gasteiger partial charge in [0, 0.05) is 19.0 Å². The Labute approximate surface area is 174 Å². The monoisotopic (exact) mass is 396 g/mol. The van der Waals surface area contributed by atoms with Crippen LogP contribution in [0.3, 0.4) is 0 Å². The molecule has 0 aromatic heterocycles. The van der Waals surface area contributed by atoms with Crippen molar-refractivity contribution in [1.82, 2.24) is 10.2 Å². The van der Waals surface area contributed by atoms with Crippen LogP contribution >= 0.6 is 0 Å². The van der Waals surface area contributed by atoms with E-state index in [1.54, 1.807) is 25.7 Å². The molecule has 156 valence electrons. The molecule has 0 aliphatic carbocycles. The molecule has 0 aliphatic rings. The van der Waals surface area contributed by atoms with Crippen molar-refractivity contribution in [3.63, 3.8) is 0 Å². The van der Waals surface area contributed by atoms with Crippen LogP contribution < -0.4 is 5.32 Å². The first-order chi connectivity index (χ1) is 13.7. The summed E-state index contributed by atoms with van der Waals surface area (Å²) in [7, 11) is 0. The average molecular weight is 397 g/mol. The number of alkyl carbamates (subject to hydrolysis) is 1. The largest absolute Gasteiger partial charge is 0.444 e. The summed E-state index contributed by atoms with van der Waals surface area (Å²) in [5.41, 5.74) is 1.39. The zero-order valence-corrected chi connectivity index (χ0v) is 18.0. The van der Waals surface area contributed by atoms with Gasteiger partial charge < -0.3 is 15.0 Å². The SMILES string of the molecule is CC(C)N(Cc1ccccc1)C(=O)[C@H](Cc1ccccc1)NC(=O)OC(C)(C)C. The lowest BCUT2D eigenvalue weighted by molar-refractivity contribution is -0.135. The van der Waals surface area contributed by atoms with Gasteiger partial charge in [0.05, 0.1) is 0 Å². The summed E-state index contributed by atoms with van der Waals surface area (Å²) in [6.07, 6.45) is -0.188. The fourth-order valence-electron chi connectivity index (χ4n) is 2.99. The summed E-state index contributed by atoms with van der Waals surface area (Å²) in [6.45, 7) is 9.85. The van der Waals surface area contributed by atoms with Gasteiger partial charge in [-0.15, -0.1) is 0 Å². The van der Waals surface area contributed by atoms with Crippen LogP contribution in [0.2, 0.25) is 0 Å². The number of amides is 2. The van der Waals surface area contributed by atoms with Gasteiger partial charge in [-0.1, -0.05) is 60.7 Å². The standard InChI is InChI=1S/C24H32N2O3/c1-18(2)26(17-20-14-10-7-11-15-20)22(27)21(16-19-12-8-6-9-13-19)25-23(28)29-24(3,4)5/h6-15,18,21H,16-17H2,1-5H3,(H,25,28)/t21-/m0/s1. The molecule has 2 aromatic carbocycles. The highest BCUT2D eigenvalue weighted by Gasteiger charge is 2.29. The number of nitrogens with zero attached hydrogens (tertiary/aromatic N) is 1. The van der Waals surface area contributed by atoms with Crippen LogP contribution in [0, 0.1) is 0 Å². The van der Waals surface area contributed by atoms with Crippen molar-refractivity contribution >= 4 is 12.0 Å². The lowest BCUT2D eigenvalue weighted by Gasteiger charge is -2.32. The quantitative estimate of drug-likeness (QED) is 0.746. The van der Waals surface area contributed by atoms with Crippen LogP contribution in [0.15, 0.2) is 60.7 Å². The minimum absolute atomic E-state index is 0.0126. The fourth-order valence-corrected chi connectivity index (χ4v) is 2.99. The summed E-state index contributed by atoms with van der Waals surface area (Å²) in [5.74, 6) is -0.126. The highest BCUT2D eigenvalue weighted by molar-refractivity contribution is 5.86. The number of hydrogen-bond donors (Lipinski definition) is 1. The summed E-state index contributed by atoms with van der Waals surface area (Å²) >= 11 is 0. The fraction of sp³-hybridized carbons (Fsp3) is 0.417. The van der Waals surface area contributed by atoms with Crippen molar-refractivity contribution in [2.45, 2.75) is 65.3 Å². The van der Waals surface area contributed by atoms with Gasteiger partial charge >= 0.3 is 6.09 Å². The minimum Gasteiger partial charge on any atom is -0.444 e. The zero-order valence-electron chi connectivity index (χ0n) is 18.0. The average Bonchev–Trinajstić information content (AvgIpc) is 2.65. The van der Waals surface area contributed by atoms with Crippen LogP contribution in [0.4, 0.5) is 4.79 Å². The minimum atomic E-state index is -0.710. The summed E-state index contributed by atoms with van der Waals surface area (Å²) in [4.78, 5) is 27.7. The lowest BCUT2D eigenvalue weighted by Crippen LogP contribution is -2.52. The van der Waals surface area contributed by atoms with Gasteiger partial charge in [-0.2, -0.15) is 0 Å². The Morgan fingerprint density at radius 1 is 0.931 bits per heavy atom. The topological polar surface area (TPSA) is 58.6 Å². The maximum absolute atomic E-state index is 13.5. The van der Waals surface area contributed by atoms with E-state index in [9.17, 15) is 9.59 Å². The van der Waals surface area contributed by atoms with E-state index in [-0.39, 0.29) is 11.9 Å². The van der Waals surface area contributed by atoms with Crippen LogP contribution in [0.25, 0.3) is 0 Å². The van der Waals surface area contributed by atoms with Crippen molar-refractivity contribution in [3.05, 3.63) is 71.8 Å². The van der Waals surface area contributed by atoms with E-state index < -0.39 is 17.7 Å². The Hall–Kier alpha value is -2.82. The van der Waals surface area contributed by atoms with Crippen molar-refractivity contribution in [2.24, 2.45) is 0 Å². The second kappa shape index (κ2) is 10.1. The van der Waals surface area contributed by atoms with E-state index in [0.717, 1.165) is 11.1 Å². The first-order valence-electron chi connectivity index (χ1n) is 10.0. The second-order valence-electron chi connectivity index (χ2n) is 8.43. The Balaban J connectivity index is 2.23. The van der Waals surface area contributed by atoms with Gasteiger partial charge in [0.25, 0.3) is 0 Å². The third kappa shape index (κ3) is 7.60. The van der Waals surface area contributed by atoms with Crippen LogP contribution in [0.1, 0.15) is 45.7 Å². The lowest BCUT2D eigenvalue weighted by atomic mass is 10.0. The molecular weight excluding hydrogens is 364 g/mol. The number of carbonyl (C=O) groups excluding carboxylic acids is 2. The number of ether oxygens (including phenoxy) is 1. The summed E-state index contributed by atoms with van der Waals surface area (Å²) < 4.78 is 5.39. The maximum atomic E-state index is 13.5. The highest BCUT2D eigenvalue weighted by Crippen LogP contribution is 2.14. The molecule has 2 amide bonds. The van der Waals surface area contributed by atoms with Crippen LogP contribution in [-0.4, -0.2) is 34.6 Å². The van der Waals surface area contributed by atoms with Gasteiger partial charge in [0.15, 0.2) is 0 Å². The van der Waals surface area contributed by atoms with E-state index >= 15 is 0 Å². The van der Waals surface area contributed by atoms with Crippen molar-refractivity contribution in [2.75, 3.05) is 0 Å². The van der Waals surface area contributed by atoms with Gasteiger partial charge in [0.2, 0.25) is 5.91 Å². The van der Waals surface area contributed by atoms with E-state index in [2.05, 4.69) is 5.32 Å². The summed E-state index contributed by atoms with van der Waals surface area (Å²) in [5, 5.41) is 2.79. The van der Waals surface area contributed by atoms with E-state index in [0.29, 0.717) is 13.0 Å². The van der Waals surface area contributed by atoms with Gasteiger partial charge in [-0.25, -0.2) is 4.79 Å². The van der Waals surface area contributed by atoms with Gasteiger partial charge in [-0.05, 0) is 45.7 Å².